The Balaban J connectivity index is 1.48. The highest BCUT2D eigenvalue weighted by Gasteiger charge is 2.11. The van der Waals surface area contributed by atoms with Crippen LogP contribution in [0.25, 0.3) is 0 Å². The summed E-state index contributed by atoms with van der Waals surface area (Å²) in [5.74, 6) is 1.40. The molecule has 0 fully saturated rings. The van der Waals surface area contributed by atoms with Crippen molar-refractivity contribution in [2.75, 3.05) is 7.05 Å². The first-order chi connectivity index (χ1) is 14.5. The molecule has 0 aliphatic rings. The molecule has 0 radical (unpaired) electrons. The fourth-order valence-corrected chi connectivity index (χ4v) is 3.57. The number of nitrogens with one attached hydrogen (secondary N) is 2. The van der Waals surface area contributed by atoms with Crippen LogP contribution in [0.4, 0.5) is 0 Å². The molecule has 0 atom stereocenters. The van der Waals surface area contributed by atoms with Crippen LogP contribution in [0.3, 0.4) is 0 Å². The second-order valence-corrected chi connectivity index (χ2v) is 8.58. The van der Waals surface area contributed by atoms with Crippen molar-refractivity contribution in [3.63, 3.8) is 0 Å². The third kappa shape index (κ3) is 6.17. The van der Waals surface area contributed by atoms with Gasteiger partial charge in [-0.1, -0.05) is 42.5 Å². The Morgan fingerprint density at radius 2 is 1.57 bits per heavy atom. The quantitative estimate of drug-likeness (QED) is 0.549. The van der Waals surface area contributed by atoms with E-state index in [2.05, 4.69) is 10.0 Å². The summed E-state index contributed by atoms with van der Waals surface area (Å²) < 4.78 is 31.6. The summed E-state index contributed by atoms with van der Waals surface area (Å²) in [5.41, 5.74) is 1.84. The minimum Gasteiger partial charge on any atom is -0.457 e. The van der Waals surface area contributed by atoms with Gasteiger partial charge in [0.15, 0.2) is 0 Å². The Bertz CT molecular complexity index is 1080. The molecule has 0 saturated carbocycles. The lowest BCUT2D eigenvalue weighted by molar-refractivity contribution is -0.121. The van der Waals surface area contributed by atoms with Gasteiger partial charge in [-0.3, -0.25) is 4.79 Å². The lowest BCUT2D eigenvalue weighted by Gasteiger charge is -2.09. The maximum atomic E-state index is 12.2. The molecular weight excluding hydrogens is 400 g/mol. The normalized spacial score (nSPS) is 11.1. The van der Waals surface area contributed by atoms with Crippen LogP contribution in [0.2, 0.25) is 0 Å². The average molecular weight is 425 g/mol. The largest absolute Gasteiger partial charge is 0.457 e. The lowest BCUT2D eigenvalue weighted by Crippen LogP contribution is -2.23. The molecule has 6 nitrogen and oxygen atoms in total. The van der Waals surface area contributed by atoms with E-state index in [4.69, 9.17) is 4.74 Å². The molecule has 0 spiro atoms. The van der Waals surface area contributed by atoms with Gasteiger partial charge in [-0.05, 0) is 61.0 Å². The number of benzene rings is 3. The molecule has 0 heterocycles. The van der Waals surface area contributed by atoms with E-state index >= 15 is 0 Å². The van der Waals surface area contributed by atoms with Gasteiger partial charge in [0.2, 0.25) is 15.9 Å². The molecule has 3 aromatic rings. The van der Waals surface area contributed by atoms with Gasteiger partial charge >= 0.3 is 0 Å². The number of rotatable bonds is 9. The Kier molecular flexibility index (Phi) is 7.21. The highest BCUT2D eigenvalue weighted by Crippen LogP contribution is 2.21. The van der Waals surface area contributed by atoms with Gasteiger partial charge < -0.3 is 10.1 Å². The number of carbonyl (C=O) groups is 1. The standard InChI is InChI=1S/C23H24N2O4S/c1-24-30(27,28)22-13-10-18(11-14-22)12-15-23(26)25-17-19-6-5-9-21(16-19)29-20-7-3-2-4-8-20/h2-11,13-14,16,24H,12,15,17H2,1H3,(H,25,26). The van der Waals surface area contributed by atoms with Crippen molar-refractivity contribution in [1.29, 1.82) is 0 Å². The lowest BCUT2D eigenvalue weighted by atomic mass is 10.1. The summed E-state index contributed by atoms with van der Waals surface area (Å²) in [6.07, 6.45) is 0.848. The third-order valence-electron chi connectivity index (χ3n) is 4.51. The summed E-state index contributed by atoms with van der Waals surface area (Å²) in [6.45, 7) is 0.407. The van der Waals surface area contributed by atoms with Gasteiger partial charge in [-0.15, -0.1) is 0 Å². The highest BCUT2D eigenvalue weighted by molar-refractivity contribution is 7.89. The molecule has 30 heavy (non-hydrogen) atoms. The molecule has 3 aromatic carbocycles. The van der Waals surface area contributed by atoms with E-state index in [0.29, 0.717) is 25.1 Å². The number of hydrogen-bond acceptors (Lipinski definition) is 4. The minimum absolute atomic E-state index is 0.0729. The Morgan fingerprint density at radius 1 is 0.867 bits per heavy atom. The number of aryl methyl sites for hydroxylation is 1. The van der Waals surface area contributed by atoms with E-state index in [9.17, 15) is 13.2 Å². The Morgan fingerprint density at radius 3 is 2.27 bits per heavy atom. The molecule has 0 bridgehead atoms. The maximum Gasteiger partial charge on any atom is 0.240 e. The molecule has 2 N–H and O–H groups in total. The Hall–Kier alpha value is -3.16. The van der Waals surface area contributed by atoms with Crippen molar-refractivity contribution in [3.05, 3.63) is 90.0 Å². The fourth-order valence-electron chi connectivity index (χ4n) is 2.84. The van der Waals surface area contributed by atoms with E-state index in [1.165, 1.54) is 19.2 Å². The van der Waals surface area contributed by atoms with Crippen LogP contribution in [0.15, 0.2) is 83.8 Å². The molecule has 0 aliphatic heterocycles. The van der Waals surface area contributed by atoms with Crippen LogP contribution >= 0.6 is 0 Å². The SMILES string of the molecule is CNS(=O)(=O)c1ccc(CCC(=O)NCc2cccc(Oc3ccccc3)c2)cc1. The van der Waals surface area contributed by atoms with E-state index in [-0.39, 0.29) is 10.8 Å². The number of amides is 1. The fraction of sp³-hybridized carbons (Fsp3) is 0.174. The van der Waals surface area contributed by atoms with Crippen molar-refractivity contribution in [1.82, 2.24) is 10.0 Å². The first kappa shape index (κ1) is 21.5. The summed E-state index contributed by atoms with van der Waals surface area (Å²) in [6, 6.07) is 23.6. The van der Waals surface area contributed by atoms with Gasteiger partial charge in [0.25, 0.3) is 0 Å². The van der Waals surface area contributed by atoms with E-state index in [0.717, 1.165) is 16.9 Å². The van der Waals surface area contributed by atoms with Crippen LogP contribution < -0.4 is 14.8 Å². The predicted molar refractivity (Wildman–Crippen MR) is 116 cm³/mol. The van der Waals surface area contributed by atoms with Crippen LogP contribution in [0.1, 0.15) is 17.5 Å². The minimum atomic E-state index is -3.45. The predicted octanol–water partition coefficient (Wildman–Crippen LogP) is 3.64. The molecular formula is C23H24N2O4S. The molecule has 0 saturated heterocycles. The summed E-state index contributed by atoms with van der Waals surface area (Å²) in [4.78, 5) is 12.4. The van der Waals surface area contributed by atoms with Gasteiger partial charge in [-0.2, -0.15) is 0 Å². The number of para-hydroxylation sites is 1. The number of carbonyl (C=O) groups excluding carboxylic acids is 1. The highest BCUT2D eigenvalue weighted by atomic mass is 32.2. The molecule has 3 rings (SSSR count). The Labute approximate surface area is 177 Å². The summed E-state index contributed by atoms with van der Waals surface area (Å²) >= 11 is 0. The summed E-state index contributed by atoms with van der Waals surface area (Å²) in [7, 11) is -2.08. The molecule has 0 aliphatic carbocycles. The number of sulfonamides is 1. The molecule has 7 heteroatoms. The van der Waals surface area contributed by atoms with Gasteiger partial charge in [0.05, 0.1) is 4.90 Å². The van der Waals surface area contributed by atoms with Gasteiger partial charge in [0, 0.05) is 13.0 Å². The van der Waals surface area contributed by atoms with Crippen LogP contribution in [-0.2, 0) is 27.8 Å². The zero-order chi connectivity index (χ0) is 21.4. The zero-order valence-electron chi connectivity index (χ0n) is 16.7. The smallest absolute Gasteiger partial charge is 0.240 e. The molecule has 1 amide bonds. The van der Waals surface area contributed by atoms with E-state index < -0.39 is 10.0 Å². The molecule has 0 unspecified atom stereocenters. The van der Waals surface area contributed by atoms with Crippen molar-refractivity contribution < 1.29 is 17.9 Å². The van der Waals surface area contributed by atoms with Gasteiger partial charge in [-0.25, -0.2) is 13.1 Å². The van der Waals surface area contributed by atoms with Gasteiger partial charge in [0.1, 0.15) is 11.5 Å². The monoisotopic (exact) mass is 424 g/mol. The maximum absolute atomic E-state index is 12.2. The van der Waals surface area contributed by atoms with Crippen LogP contribution in [0, 0.1) is 0 Å². The van der Waals surface area contributed by atoms with E-state index in [1.54, 1.807) is 12.1 Å². The number of ether oxygens (including phenoxy) is 1. The van der Waals surface area contributed by atoms with Crippen LogP contribution in [-0.4, -0.2) is 21.4 Å². The van der Waals surface area contributed by atoms with E-state index in [1.807, 2.05) is 54.6 Å². The number of hydrogen-bond donors (Lipinski definition) is 2. The van der Waals surface area contributed by atoms with Crippen molar-refractivity contribution >= 4 is 15.9 Å². The average Bonchev–Trinajstić information content (AvgIpc) is 2.77. The topological polar surface area (TPSA) is 84.5 Å². The molecule has 0 aromatic heterocycles. The van der Waals surface area contributed by atoms with Crippen molar-refractivity contribution in [2.24, 2.45) is 0 Å². The third-order valence-corrected chi connectivity index (χ3v) is 5.94. The second kappa shape index (κ2) is 10.0. The first-order valence-corrected chi connectivity index (χ1v) is 11.1. The first-order valence-electron chi connectivity index (χ1n) is 9.57. The van der Waals surface area contributed by atoms with Crippen LogP contribution in [0.5, 0.6) is 11.5 Å². The second-order valence-electron chi connectivity index (χ2n) is 6.69. The summed E-state index contributed by atoms with van der Waals surface area (Å²) in [5, 5.41) is 2.90. The van der Waals surface area contributed by atoms with Crippen molar-refractivity contribution in [2.45, 2.75) is 24.3 Å². The zero-order valence-corrected chi connectivity index (χ0v) is 17.5. The molecule has 156 valence electrons. The van der Waals surface area contributed by atoms with Crippen molar-refractivity contribution in [3.8, 4) is 11.5 Å².